The molecule has 0 saturated carbocycles. The van der Waals surface area contributed by atoms with E-state index in [2.05, 4.69) is 23.2 Å². The molecule has 19 heavy (non-hydrogen) atoms. The zero-order valence-corrected chi connectivity index (χ0v) is 10.3. The van der Waals surface area contributed by atoms with Crippen LogP contribution in [0.3, 0.4) is 0 Å². The molecule has 0 unspecified atom stereocenters. The number of phenols is 1. The van der Waals surface area contributed by atoms with Gasteiger partial charge in [0.25, 0.3) is 0 Å². The van der Waals surface area contributed by atoms with Crippen LogP contribution in [0, 0.1) is 0 Å². The molecule has 3 aromatic rings. The molecule has 3 rings (SSSR count). The molecule has 0 amide bonds. The Morgan fingerprint density at radius 2 is 1.63 bits per heavy atom. The monoisotopic (exact) mass is 247 g/mol. The van der Waals surface area contributed by atoms with E-state index in [1.807, 2.05) is 30.3 Å². The maximum atomic E-state index is 9.42. The first-order valence-electron chi connectivity index (χ1n) is 6.14. The third kappa shape index (κ3) is 2.47. The van der Waals surface area contributed by atoms with Gasteiger partial charge in [-0.05, 0) is 29.1 Å². The maximum absolute atomic E-state index is 9.42. The first-order valence-corrected chi connectivity index (χ1v) is 6.14. The molecule has 0 aliphatic carbocycles. The molecule has 0 heterocycles. The molecular weight excluding hydrogens is 234 g/mol. The highest BCUT2D eigenvalue weighted by atomic mass is 16.3. The first kappa shape index (κ1) is 11.5. The maximum Gasteiger partial charge on any atom is 0.116 e. The fraction of sp³-hybridized carbons (Fsp3) is 0. The van der Waals surface area contributed by atoms with Crippen LogP contribution < -0.4 is 0 Å². The standard InChI is InChI=1S/C17H13NO/c19-15-8-3-5-13(11-15)12-18-17-10-4-7-14-6-1-2-9-16(14)17/h1-12,19H. The van der Waals surface area contributed by atoms with E-state index in [0.717, 1.165) is 16.6 Å². The van der Waals surface area contributed by atoms with Crippen molar-refractivity contribution in [3.05, 3.63) is 72.3 Å². The number of aromatic hydroxyl groups is 1. The smallest absolute Gasteiger partial charge is 0.116 e. The normalized spacial score (nSPS) is 11.2. The second-order valence-electron chi connectivity index (χ2n) is 4.35. The van der Waals surface area contributed by atoms with E-state index in [-0.39, 0.29) is 5.75 Å². The van der Waals surface area contributed by atoms with Gasteiger partial charge in [0.05, 0.1) is 5.69 Å². The topological polar surface area (TPSA) is 32.6 Å². The van der Waals surface area contributed by atoms with Crippen LogP contribution in [0.25, 0.3) is 10.8 Å². The van der Waals surface area contributed by atoms with Crippen LogP contribution in [0.5, 0.6) is 5.75 Å². The Balaban J connectivity index is 2.02. The molecule has 0 fully saturated rings. The van der Waals surface area contributed by atoms with Crippen molar-refractivity contribution in [1.29, 1.82) is 0 Å². The number of rotatable bonds is 2. The minimum absolute atomic E-state index is 0.252. The van der Waals surface area contributed by atoms with Gasteiger partial charge in [0.2, 0.25) is 0 Å². The lowest BCUT2D eigenvalue weighted by Gasteiger charge is -2.01. The summed E-state index contributed by atoms with van der Waals surface area (Å²) in [5, 5.41) is 11.7. The number of benzene rings is 3. The summed E-state index contributed by atoms with van der Waals surface area (Å²) in [6.45, 7) is 0. The van der Waals surface area contributed by atoms with Crippen molar-refractivity contribution >= 4 is 22.7 Å². The molecule has 2 nitrogen and oxygen atoms in total. The average Bonchev–Trinajstić information content (AvgIpc) is 2.45. The first-order chi connectivity index (χ1) is 9.33. The van der Waals surface area contributed by atoms with Crippen molar-refractivity contribution in [3.63, 3.8) is 0 Å². The van der Waals surface area contributed by atoms with Crippen molar-refractivity contribution in [2.24, 2.45) is 4.99 Å². The molecule has 0 bridgehead atoms. The Labute approximate surface area is 111 Å². The summed E-state index contributed by atoms with van der Waals surface area (Å²) >= 11 is 0. The number of aliphatic imine (C=N–C) groups is 1. The molecule has 0 aromatic heterocycles. The van der Waals surface area contributed by atoms with E-state index in [9.17, 15) is 5.11 Å². The lowest BCUT2D eigenvalue weighted by Crippen LogP contribution is -1.80. The molecule has 2 heteroatoms. The molecule has 0 aliphatic rings. The summed E-state index contributed by atoms with van der Waals surface area (Å²) in [4.78, 5) is 4.51. The highest BCUT2D eigenvalue weighted by molar-refractivity contribution is 5.95. The predicted octanol–water partition coefficient (Wildman–Crippen LogP) is 4.30. The molecular formula is C17H13NO. The van der Waals surface area contributed by atoms with Crippen molar-refractivity contribution in [3.8, 4) is 5.75 Å². The Morgan fingerprint density at radius 1 is 0.842 bits per heavy atom. The third-order valence-corrected chi connectivity index (χ3v) is 2.99. The molecule has 1 N–H and O–H groups in total. The van der Waals surface area contributed by atoms with Gasteiger partial charge in [-0.15, -0.1) is 0 Å². The summed E-state index contributed by atoms with van der Waals surface area (Å²) < 4.78 is 0. The van der Waals surface area contributed by atoms with Crippen LogP contribution in [-0.2, 0) is 0 Å². The fourth-order valence-electron chi connectivity index (χ4n) is 2.07. The van der Waals surface area contributed by atoms with Crippen LogP contribution in [0.1, 0.15) is 5.56 Å². The lowest BCUT2D eigenvalue weighted by molar-refractivity contribution is 0.475. The van der Waals surface area contributed by atoms with E-state index in [1.165, 1.54) is 5.39 Å². The fourth-order valence-corrected chi connectivity index (χ4v) is 2.07. The van der Waals surface area contributed by atoms with Gasteiger partial charge in [0.15, 0.2) is 0 Å². The lowest BCUT2D eigenvalue weighted by atomic mass is 10.1. The summed E-state index contributed by atoms with van der Waals surface area (Å²) in [6, 6.07) is 21.3. The Morgan fingerprint density at radius 3 is 2.53 bits per heavy atom. The van der Waals surface area contributed by atoms with Gasteiger partial charge < -0.3 is 5.11 Å². The zero-order valence-electron chi connectivity index (χ0n) is 10.3. The Hall–Kier alpha value is -2.61. The minimum atomic E-state index is 0.252. The van der Waals surface area contributed by atoms with Gasteiger partial charge in [-0.3, -0.25) is 4.99 Å². The summed E-state index contributed by atoms with van der Waals surface area (Å²) in [6.07, 6.45) is 1.77. The molecule has 92 valence electrons. The van der Waals surface area contributed by atoms with Crippen molar-refractivity contribution in [1.82, 2.24) is 0 Å². The third-order valence-electron chi connectivity index (χ3n) is 2.99. The van der Waals surface area contributed by atoms with E-state index >= 15 is 0 Å². The second kappa shape index (κ2) is 4.94. The molecule has 0 spiro atoms. The largest absolute Gasteiger partial charge is 0.508 e. The van der Waals surface area contributed by atoms with Crippen molar-refractivity contribution < 1.29 is 5.11 Å². The van der Waals surface area contributed by atoms with Crippen molar-refractivity contribution in [2.45, 2.75) is 0 Å². The SMILES string of the molecule is Oc1cccc(C=Nc2cccc3ccccc23)c1. The number of hydrogen-bond donors (Lipinski definition) is 1. The number of nitrogens with zero attached hydrogens (tertiary/aromatic N) is 1. The van der Waals surface area contributed by atoms with Crippen LogP contribution in [0.4, 0.5) is 5.69 Å². The van der Waals surface area contributed by atoms with E-state index < -0.39 is 0 Å². The van der Waals surface area contributed by atoms with Gasteiger partial charge >= 0.3 is 0 Å². The predicted molar refractivity (Wildman–Crippen MR) is 79.3 cm³/mol. The van der Waals surface area contributed by atoms with Gasteiger partial charge in [0.1, 0.15) is 5.75 Å². The van der Waals surface area contributed by atoms with Crippen LogP contribution >= 0.6 is 0 Å². The summed E-state index contributed by atoms with van der Waals surface area (Å²) in [5.41, 5.74) is 1.81. The highest BCUT2D eigenvalue weighted by Crippen LogP contribution is 2.25. The molecule has 0 saturated heterocycles. The zero-order chi connectivity index (χ0) is 13.1. The minimum Gasteiger partial charge on any atom is -0.508 e. The van der Waals surface area contributed by atoms with Gasteiger partial charge in [-0.1, -0.05) is 48.5 Å². The summed E-state index contributed by atoms with van der Waals surface area (Å²) in [5.74, 6) is 0.252. The quantitative estimate of drug-likeness (QED) is 0.673. The number of fused-ring (bicyclic) bond motifs is 1. The van der Waals surface area contributed by atoms with Crippen molar-refractivity contribution in [2.75, 3.05) is 0 Å². The molecule has 0 radical (unpaired) electrons. The highest BCUT2D eigenvalue weighted by Gasteiger charge is 1.97. The van der Waals surface area contributed by atoms with E-state index in [4.69, 9.17) is 0 Å². The van der Waals surface area contributed by atoms with Crippen LogP contribution in [-0.4, -0.2) is 11.3 Å². The number of hydrogen-bond acceptors (Lipinski definition) is 2. The van der Waals surface area contributed by atoms with Gasteiger partial charge in [0, 0.05) is 11.6 Å². The van der Waals surface area contributed by atoms with Gasteiger partial charge in [-0.25, -0.2) is 0 Å². The Bertz CT molecular complexity index is 742. The van der Waals surface area contributed by atoms with E-state index in [1.54, 1.807) is 24.4 Å². The summed E-state index contributed by atoms with van der Waals surface area (Å²) in [7, 11) is 0. The van der Waals surface area contributed by atoms with E-state index in [0.29, 0.717) is 0 Å². The average molecular weight is 247 g/mol. The van der Waals surface area contributed by atoms with Crippen LogP contribution in [0.2, 0.25) is 0 Å². The molecule has 0 atom stereocenters. The molecule has 3 aromatic carbocycles. The second-order valence-corrected chi connectivity index (χ2v) is 4.35. The van der Waals surface area contributed by atoms with Crippen LogP contribution in [0.15, 0.2) is 71.7 Å². The van der Waals surface area contributed by atoms with Gasteiger partial charge in [-0.2, -0.15) is 0 Å². The number of phenolic OH excluding ortho intramolecular Hbond substituents is 1. The molecule has 0 aliphatic heterocycles. The Kier molecular flexibility index (Phi) is 2.99.